The zero-order valence-electron chi connectivity index (χ0n) is 35.0. The van der Waals surface area contributed by atoms with Gasteiger partial charge < -0.3 is 14.6 Å². The molecule has 0 amide bonds. The van der Waals surface area contributed by atoms with Crippen LogP contribution in [0.15, 0.2) is 29.8 Å². The van der Waals surface area contributed by atoms with Crippen LogP contribution in [-0.2, 0) is 30.3 Å². The number of hydrogen-bond acceptors (Lipinski definition) is 6. The van der Waals surface area contributed by atoms with Crippen molar-refractivity contribution < 1.29 is 29.0 Å². The molecule has 304 valence electrons. The van der Waals surface area contributed by atoms with E-state index < -0.39 is 0 Å². The zero-order chi connectivity index (χ0) is 39.0. The third-order valence-electron chi connectivity index (χ3n) is 16.9. The quantitative estimate of drug-likeness (QED) is 0.145. The van der Waals surface area contributed by atoms with E-state index in [0.29, 0.717) is 59.9 Å². The molecule has 0 unspecified atom stereocenters. The number of ketones is 1. The van der Waals surface area contributed by atoms with Crippen LogP contribution in [0.3, 0.4) is 0 Å². The van der Waals surface area contributed by atoms with E-state index >= 15 is 0 Å². The summed E-state index contributed by atoms with van der Waals surface area (Å²) in [6, 6.07) is 5.97. The van der Waals surface area contributed by atoms with Gasteiger partial charge in [-0.3, -0.25) is 14.4 Å². The number of aryl methyl sites for hydroxylation is 1. The fraction of sp³-hybridized carbons (Fsp3) is 0.776. The molecule has 1 aromatic rings. The summed E-state index contributed by atoms with van der Waals surface area (Å²) in [6.45, 7) is 11.4. The number of fused-ring (bicyclic) bond motifs is 10. The Bertz CT molecular complexity index is 1590. The first-order chi connectivity index (χ1) is 26.4. The standard InChI is InChI=1S/C26H40O3.C23H32O3/c1-4-5-6-7-8-24(28)29-19-13-15-25(2)18(17-19)9-10-20-21-11-12-23(27)26(21,3)16-14-22(20)25;1-3-4-5-22(25)26-21-11-10-20-19-8-6-15-14-16(24)7-9-17(15)18(19)12-13-23(20,21)2/h9,19-22H,4-8,10-17H2,1-3H3;7,9,14,18-21,24H,3-6,8,10-13H2,1-2H3/t19-,20-,21-,22-,25-,26-;18-,19-,20+,21+,23+/m01/s1. The lowest BCUT2D eigenvalue weighted by Gasteiger charge is -2.56. The Kier molecular flexibility index (Phi) is 12.3. The van der Waals surface area contributed by atoms with Gasteiger partial charge in [-0.15, -0.1) is 0 Å². The molecule has 5 fully saturated rings. The maximum Gasteiger partial charge on any atom is 0.306 e. The number of aromatic hydroxyl groups is 1. The number of carbonyl (C=O) groups excluding carboxylic acids is 3. The van der Waals surface area contributed by atoms with E-state index in [-0.39, 0.29) is 40.4 Å². The van der Waals surface area contributed by atoms with Gasteiger partial charge in [-0.05, 0) is 154 Å². The molecular formula is C49H72O6. The first-order valence-corrected chi connectivity index (χ1v) is 22.8. The first kappa shape index (κ1) is 40.6. The first-order valence-electron chi connectivity index (χ1n) is 22.8. The number of unbranched alkanes of at least 4 members (excludes halogenated alkanes) is 4. The number of rotatable bonds is 10. The van der Waals surface area contributed by atoms with Crippen molar-refractivity contribution in [1.29, 1.82) is 0 Å². The molecule has 55 heavy (non-hydrogen) atoms. The second-order valence-electron chi connectivity index (χ2n) is 19.8. The van der Waals surface area contributed by atoms with Gasteiger partial charge in [-0.1, -0.05) is 78.0 Å². The Labute approximate surface area is 332 Å². The van der Waals surface area contributed by atoms with Crippen molar-refractivity contribution in [2.75, 3.05) is 0 Å². The van der Waals surface area contributed by atoms with Gasteiger partial charge in [-0.2, -0.15) is 0 Å². The van der Waals surface area contributed by atoms with Crippen molar-refractivity contribution in [3.63, 3.8) is 0 Å². The molecule has 0 radical (unpaired) electrons. The van der Waals surface area contributed by atoms with Crippen LogP contribution in [-0.4, -0.2) is 35.0 Å². The molecule has 6 nitrogen and oxygen atoms in total. The summed E-state index contributed by atoms with van der Waals surface area (Å²) in [5.74, 6) is 4.86. The van der Waals surface area contributed by atoms with E-state index in [9.17, 15) is 19.5 Å². The number of allylic oxidation sites excluding steroid dienone is 1. The minimum atomic E-state index is -0.0482. The van der Waals surface area contributed by atoms with Crippen LogP contribution in [0.5, 0.6) is 5.75 Å². The monoisotopic (exact) mass is 757 g/mol. The van der Waals surface area contributed by atoms with Crippen molar-refractivity contribution in [2.24, 2.45) is 45.8 Å². The number of phenolic OH excluding ortho intramolecular Hbond substituents is 1. The summed E-state index contributed by atoms with van der Waals surface area (Å²) in [5, 5.41) is 9.81. The maximum atomic E-state index is 12.6. The number of Topliss-reactive ketones (excluding diaryl/α,β-unsaturated/α-hetero) is 1. The zero-order valence-corrected chi connectivity index (χ0v) is 35.0. The van der Waals surface area contributed by atoms with Crippen molar-refractivity contribution >= 4 is 17.7 Å². The normalized spacial score (nSPS) is 38.4. The van der Waals surface area contributed by atoms with Crippen LogP contribution in [0.4, 0.5) is 0 Å². The summed E-state index contributed by atoms with van der Waals surface area (Å²) in [6.07, 6.45) is 25.5. The topological polar surface area (TPSA) is 89.9 Å². The molecule has 5 saturated carbocycles. The van der Waals surface area contributed by atoms with Crippen LogP contribution >= 0.6 is 0 Å². The number of ether oxygens (including phenoxy) is 2. The number of benzene rings is 1. The molecule has 0 aliphatic heterocycles. The molecule has 1 N–H and O–H groups in total. The summed E-state index contributed by atoms with van der Waals surface area (Å²) >= 11 is 0. The van der Waals surface area contributed by atoms with Crippen LogP contribution in [0.2, 0.25) is 0 Å². The van der Waals surface area contributed by atoms with Crippen LogP contribution in [0, 0.1) is 45.8 Å². The summed E-state index contributed by atoms with van der Waals surface area (Å²) < 4.78 is 11.9. The molecule has 7 aliphatic rings. The van der Waals surface area contributed by atoms with Gasteiger partial charge in [0.2, 0.25) is 0 Å². The average molecular weight is 757 g/mol. The lowest BCUT2D eigenvalue weighted by Crippen LogP contribution is -2.50. The molecule has 8 rings (SSSR count). The Balaban J connectivity index is 0.000000170. The van der Waals surface area contributed by atoms with E-state index in [4.69, 9.17) is 9.47 Å². The highest BCUT2D eigenvalue weighted by Crippen LogP contribution is 2.65. The van der Waals surface area contributed by atoms with E-state index in [1.807, 2.05) is 12.1 Å². The van der Waals surface area contributed by atoms with E-state index in [1.54, 1.807) is 5.57 Å². The number of hydrogen-bond donors (Lipinski definition) is 1. The van der Waals surface area contributed by atoms with Gasteiger partial charge in [0.15, 0.2) is 0 Å². The van der Waals surface area contributed by atoms with Crippen molar-refractivity contribution in [1.82, 2.24) is 0 Å². The van der Waals surface area contributed by atoms with Crippen molar-refractivity contribution in [3.8, 4) is 5.75 Å². The van der Waals surface area contributed by atoms with Crippen molar-refractivity contribution in [3.05, 3.63) is 41.0 Å². The van der Waals surface area contributed by atoms with Crippen LogP contribution in [0.25, 0.3) is 0 Å². The molecular weight excluding hydrogens is 685 g/mol. The van der Waals surface area contributed by atoms with Gasteiger partial charge in [0, 0.05) is 36.5 Å². The molecule has 6 heteroatoms. The maximum absolute atomic E-state index is 12.6. The largest absolute Gasteiger partial charge is 0.508 e. The predicted molar refractivity (Wildman–Crippen MR) is 217 cm³/mol. The second-order valence-corrected chi connectivity index (χ2v) is 19.8. The summed E-state index contributed by atoms with van der Waals surface area (Å²) in [4.78, 5) is 37.0. The fourth-order valence-corrected chi connectivity index (χ4v) is 13.7. The smallest absolute Gasteiger partial charge is 0.306 e. The molecule has 7 aliphatic carbocycles. The Morgan fingerprint density at radius 2 is 1.49 bits per heavy atom. The lowest BCUT2D eigenvalue weighted by molar-refractivity contribution is -0.157. The molecule has 0 bridgehead atoms. The molecule has 0 spiro atoms. The Hall–Kier alpha value is -2.63. The number of phenols is 1. The number of carbonyl (C=O) groups is 3. The van der Waals surface area contributed by atoms with Gasteiger partial charge >= 0.3 is 11.9 Å². The minimum absolute atomic E-state index is 0.00175. The second kappa shape index (κ2) is 16.7. The Morgan fingerprint density at radius 3 is 2.29 bits per heavy atom. The Morgan fingerprint density at radius 1 is 0.745 bits per heavy atom. The van der Waals surface area contributed by atoms with Gasteiger partial charge in [0.05, 0.1) is 0 Å². The SMILES string of the molecule is CCCCC(=O)O[C@H]1CC[C@H]2[C@@H]3CCc4cc(O)ccc4[C@H]3CC[C@]12C.CCCCCCC(=O)O[C@H]1CC[C@@]2(C)C(=CC[C@@H]3[C@@H]2CC[C@]2(C)C(=O)CC[C@@H]32)C1. The predicted octanol–water partition coefficient (Wildman–Crippen LogP) is 11.8. The molecule has 11 atom stereocenters. The van der Waals surface area contributed by atoms with Crippen LogP contribution in [0.1, 0.15) is 187 Å². The van der Waals surface area contributed by atoms with E-state index in [0.717, 1.165) is 89.9 Å². The minimum Gasteiger partial charge on any atom is -0.508 e. The fourth-order valence-electron chi connectivity index (χ4n) is 13.7. The van der Waals surface area contributed by atoms with Gasteiger partial charge in [0.1, 0.15) is 23.7 Å². The summed E-state index contributed by atoms with van der Waals surface area (Å²) in [5.41, 5.74) is 4.70. The van der Waals surface area contributed by atoms with Gasteiger partial charge in [0.25, 0.3) is 0 Å². The van der Waals surface area contributed by atoms with Crippen molar-refractivity contribution in [2.45, 2.75) is 194 Å². The summed E-state index contributed by atoms with van der Waals surface area (Å²) in [7, 11) is 0. The third kappa shape index (κ3) is 7.84. The number of esters is 2. The molecule has 0 aromatic heterocycles. The van der Waals surface area contributed by atoms with E-state index in [1.165, 1.54) is 49.7 Å². The highest BCUT2D eigenvalue weighted by atomic mass is 16.5. The highest BCUT2D eigenvalue weighted by molar-refractivity contribution is 5.87. The molecule has 0 saturated heterocycles. The molecule has 0 heterocycles. The van der Waals surface area contributed by atoms with E-state index in [2.05, 4.69) is 46.8 Å². The lowest BCUT2D eigenvalue weighted by atomic mass is 9.48. The highest BCUT2D eigenvalue weighted by Gasteiger charge is 2.59. The molecule has 1 aromatic carbocycles. The third-order valence-corrected chi connectivity index (χ3v) is 16.9. The average Bonchev–Trinajstić information content (AvgIpc) is 3.67. The van der Waals surface area contributed by atoms with Gasteiger partial charge in [-0.25, -0.2) is 0 Å². The van der Waals surface area contributed by atoms with Crippen LogP contribution < -0.4 is 0 Å².